The fraction of sp³-hybridized carbons (Fsp3) is 0.300. The average molecular weight is 275 g/mol. The molecule has 1 saturated heterocycles. The molecule has 90 valence electrons. The number of carboxylic acid groups (broad SMARTS) is 1. The summed E-state index contributed by atoms with van der Waals surface area (Å²) in [5, 5.41) is 8.94. The molecular formula is C10H8Cl2N2O3. The molecule has 0 unspecified atom stereocenters. The number of carboxylic acids is 1. The Bertz CT molecular complexity index is 486. The maximum absolute atomic E-state index is 11.9. The number of hydrogen-bond acceptors (Lipinski definition) is 3. The van der Waals surface area contributed by atoms with Gasteiger partial charge >= 0.3 is 5.97 Å². The van der Waals surface area contributed by atoms with Crippen LogP contribution < -0.4 is 0 Å². The van der Waals surface area contributed by atoms with E-state index in [0.717, 1.165) is 0 Å². The second kappa shape index (κ2) is 4.50. The van der Waals surface area contributed by atoms with Crippen molar-refractivity contribution in [2.24, 2.45) is 5.92 Å². The first-order valence-corrected chi connectivity index (χ1v) is 5.58. The van der Waals surface area contributed by atoms with Crippen LogP contribution >= 0.6 is 23.2 Å². The van der Waals surface area contributed by atoms with Crippen molar-refractivity contribution in [2.75, 3.05) is 13.1 Å². The third kappa shape index (κ3) is 2.35. The number of aliphatic carboxylic acids is 1. The first-order chi connectivity index (χ1) is 7.99. The molecule has 0 radical (unpaired) electrons. The minimum atomic E-state index is -0.894. The monoisotopic (exact) mass is 274 g/mol. The third-order valence-corrected chi connectivity index (χ3v) is 3.06. The van der Waals surface area contributed by atoms with Crippen LogP contribution in [0.15, 0.2) is 12.1 Å². The lowest BCUT2D eigenvalue weighted by atomic mass is 9.99. The first kappa shape index (κ1) is 12.1. The predicted molar refractivity (Wildman–Crippen MR) is 61.3 cm³/mol. The number of rotatable bonds is 2. The van der Waals surface area contributed by atoms with Crippen LogP contribution in [0.5, 0.6) is 0 Å². The molecule has 0 bridgehead atoms. The molecule has 2 rings (SSSR count). The number of pyridine rings is 1. The highest BCUT2D eigenvalue weighted by Gasteiger charge is 2.36. The molecular weight excluding hydrogens is 267 g/mol. The van der Waals surface area contributed by atoms with Crippen LogP contribution in [0.3, 0.4) is 0 Å². The van der Waals surface area contributed by atoms with Crippen molar-refractivity contribution in [3.05, 3.63) is 28.0 Å². The summed E-state index contributed by atoms with van der Waals surface area (Å²) in [5.41, 5.74) is 0.236. The molecule has 17 heavy (non-hydrogen) atoms. The first-order valence-electron chi connectivity index (χ1n) is 4.83. The summed E-state index contributed by atoms with van der Waals surface area (Å²) in [6, 6.07) is 2.95. The predicted octanol–water partition coefficient (Wildman–Crippen LogP) is 1.55. The standard InChI is InChI=1S/C10H8Cl2N2O3/c11-7-2-1-6(8(12)13-7)9(15)14-3-5(4-14)10(16)17/h1-2,5H,3-4H2,(H,16,17). The Morgan fingerprint density at radius 2 is 2.00 bits per heavy atom. The van der Waals surface area contributed by atoms with Crippen molar-refractivity contribution in [1.82, 2.24) is 9.88 Å². The van der Waals surface area contributed by atoms with Crippen LogP contribution in [0.2, 0.25) is 10.3 Å². The number of aromatic nitrogens is 1. The van der Waals surface area contributed by atoms with E-state index in [2.05, 4.69) is 4.98 Å². The number of amides is 1. The summed E-state index contributed by atoms with van der Waals surface area (Å²) in [4.78, 5) is 27.7. The molecule has 1 aromatic heterocycles. The van der Waals surface area contributed by atoms with Crippen molar-refractivity contribution < 1.29 is 14.7 Å². The van der Waals surface area contributed by atoms with Crippen LogP contribution in [-0.2, 0) is 4.79 Å². The zero-order chi connectivity index (χ0) is 12.6. The molecule has 1 aromatic rings. The van der Waals surface area contributed by atoms with E-state index >= 15 is 0 Å². The second-order valence-electron chi connectivity index (χ2n) is 3.72. The zero-order valence-corrected chi connectivity index (χ0v) is 10.1. The highest BCUT2D eigenvalue weighted by atomic mass is 35.5. The molecule has 1 fully saturated rings. The smallest absolute Gasteiger partial charge is 0.310 e. The van der Waals surface area contributed by atoms with Gasteiger partial charge in [-0.25, -0.2) is 4.98 Å². The highest BCUT2D eigenvalue weighted by molar-refractivity contribution is 6.34. The number of nitrogens with zero attached hydrogens (tertiary/aromatic N) is 2. The van der Waals surface area contributed by atoms with Gasteiger partial charge in [0, 0.05) is 13.1 Å². The molecule has 0 atom stereocenters. The lowest BCUT2D eigenvalue weighted by molar-refractivity contribution is -0.146. The van der Waals surface area contributed by atoms with E-state index < -0.39 is 11.9 Å². The lowest BCUT2D eigenvalue weighted by Gasteiger charge is -2.36. The molecule has 1 aliphatic rings. The molecule has 7 heteroatoms. The van der Waals surface area contributed by atoms with Crippen LogP contribution in [-0.4, -0.2) is 40.0 Å². The van der Waals surface area contributed by atoms with Gasteiger partial charge in [0.25, 0.3) is 5.91 Å². The highest BCUT2D eigenvalue weighted by Crippen LogP contribution is 2.23. The molecule has 1 N–H and O–H groups in total. The largest absolute Gasteiger partial charge is 0.481 e. The molecule has 0 aliphatic carbocycles. The molecule has 0 aromatic carbocycles. The number of halogens is 2. The van der Waals surface area contributed by atoms with E-state index in [1.165, 1.54) is 17.0 Å². The second-order valence-corrected chi connectivity index (χ2v) is 4.46. The fourth-order valence-electron chi connectivity index (χ4n) is 1.54. The van der Waals surface area contributed by atoms with Gasteiger partial charge in [0.2, 0.25) is 0 Å². The van der Waals surface area contributed by atoms with Gasteiger partial charge in [-0.1, -0.05) is 23.2 Å². The SMILES string of the molecule is O=C(O)C1CN(C(=O)c2ccc(Cl)nc2Cl)C1. The Kier molecular flexibility index (Phi) is 3.22. The van der Waals surface area contributed by atoms with Gasteiger partial charge in [-0.3, -0.25) is 9.59 Å². The summed E-state index contributed by atoms with van der Waals surface area (Å²) in [7, 11) is 0. The van der Waals surface area contributed by atoms with E-state index in [4.69, 9.17) is 28.3 Å². The summed E-state index contributed by atoms with van der Waals surface area (Å²) >= 11 is 11.4. The Labute approximate surface area is 107 Å². The van der Waals surface area contributed by atoms with E-state index in [9.17, 15) is 9.59 Å². The molecule has 5 nitrogen and oxygen atoms in total. The third-order valence-electron chi connectivity index (χ3n) is 2.56. The average Bonchev–Trinajstić information content (AvgIpc) is 2.13. The molecule has 0 spiro atoms. The van der Waals surface area contributed by atoms with E-state index in [1.54, 1.807) is 0 Å². The maximum atomic E-state index is 11.9. The zero-order valence-electron chi connectivity index (χ0n) is 8.56. The molecule has 1 aliphatic heterocycles. The fourth-order valence-corrected chi connectivity index (χ4v) is 1.97. The molecule has 1 amide bonds. The van der Waals surface area contributed by atoms with Crippen LogP contribution in [0.25, 0.3) is 0 Å². The minimum absolute atomic E-state index is 0.0290. The summed E-state index contributed by atoms with van der Waals surface area (Å²) in [6.07, 6.45) is 0. The maximum Gasteiger partial charge on any atom is 0.310 e. The van der Waals surface area contributed by atoms with Crippen molar-refractivity contribution in [1.29, 1.82) is 0 Å². The number of likely N-dealkylation sites (tertiary alicyclic amines) is 1. The Hall–Kier alpha value is -1.33. The quantitative estimate of drug-likeness (QED) is 0.831. The van der Waals surface area contributed by atoms with Crippen molar-refractivity contribution in [3.63, 3.8) is 0 Å². The summed E-state index contributed by atoms with van der Waals surface area (Å²) < 4.78 is 0. The van der Waals surface area contributed by atoms with E-state index in [1.807, 2.05) is 0 Å². The minimum Gasteiger partial charge on any atom is -0.481 e. The van der Waals surface area contributed by atoms with Gasteiger partial charge in [-0.2, -0.15) is 0 Å². The molecule has 0 saturated carbocycles. The lowest BCUT2D eigenvalue weighted by Crippen LogP contribution is -2.53. The summed E-state index contributed by atoms with van der Waals surface area (Å²) in [6.45, 7) is 0.403. The topological polar surface area (TPSA) is 70.5 Å². The van der Waals surface area contributed by atoms with Gasteiger partial charge in [0.05, 0.1) is 11.5 Å². The number of carbonyl (C=O) groups is 2. The van der Waals surface area contributed by atoms with Crippen LogP contribution in [0.1, 0.15) is 10.4 Å². The Morgan fingerprint density at radius 3 is 2.53 bits per heavy atom. The normalized spacial score (nSPS) is 15.5. The van der Waals surface area contributed by atoms with Crippen molar-refractivity contribution in [2.45, 2.75) is 0 Å². The number of carbonyl (C=O) groups excluding carboxylic acids is 1. The van der Waals surface area contributed by atoms with Gasteiger partial charge in [0.15, 0.2) is 0 Å². The van der Waals surface area contributed by atoms with Crippen LogP contribution in [0, 0.1) is 5.92 Å². The Morgan fingerprint density at radius 1 is 1.35 bits per heavy atom. The molecule has 2 heterocycles. The van der Waals surface area contributed by atoms with E-state index in [0.29, 0.717) is 0 Å². The van der Waals surface area contributed by atoms with Crippen LogP contribution in [0.4, 0.5) is 0 Å². The van der Waals surface area contributed by atoms with Gasteiger partial charge in [-0.15, -0.1) is 0 Å². The van der Waals surface area contributed by atoms with E-state index in [-0.39, 0.29) is 34.9 Å². The van der Waals surface area contributed by atoms with Gasteiger partial charge in [-0.05, 0) is 12.1 Å². The van der Waals surface area contributed by atoms with Crippen molar-refractivity contribution in [3.8, 4) is 0 Å². The van der Waals surface area contributed by atoms with Crippen molar-refractivity contribution >= 4 is 35.1 Å². The Balaban J connectivity index is 2.09. The van der Waals surface area contributed by atoms with Gasteiger partial charge in [0.1, 0.15) is 10.3 Å². The summed E-state index contributed by atoms with van der Waals surface area (Å²) in [5.74, 6) is -1.70. The van der Waals surface area contributed by atoms with Gasteiger partial charge < -0.3 is 10.0 Å². The number of hydrogen-bond donors (Lipinski definition) is 1.